The molecule has 0 radical (unpaired) electrons. The van der Waals surface area contributed by atoms with E-state index < -0.39 is 6.16 Å². The fraction of sp³-hybridized carbons (Fsp3) is 0.500. The summed E-state index contributed by atoms with van der Waals surface area (Å²) in [6.07, 6.45) is 0.289. The van der Waals surface area contributed by atoms with Crippen molar-refractivity contribution >= 4 is 6.16 Å². The molecule has 0 aliphatic carbocycles. The largest absolute Gasteiger partial charge is 0.508 e. The lowest BCUT2D eigenvalue weighted by Crippen LogP contribution is -2.16. The molecule has 52 valence electrons. The Morgan fingerprint density at radius 1 is 1.22 bits per heavy atom. The molecule has 0 aromatic heterocycles. The summed E-state index contributed by atoms with van der Waals surface area (Å²) in [5, 5.41) is 0. The molecule has 0 bridgehead atoms. The minimum absolute atomic E-state index is 0.513. The number of rotatable bonds is 0. The van der Waals surface area contributed by atoms with E-state index in [9.17, 15) is 4.79 Å². The summed E-state index contributed by atoms with van der Waals surface area (Å²) < 4.78 is 8.83. The van der Waals surface area contributed by atoms with Crippen LogP contribution in [0.25, 0.3) is 0 Å². The van der Waals surface area contributed by atoms with Crippen molar-refractivity contribution in [1.82, 2.24) is 0 Å². The van der Waals surface area contributed by atoms with Crippen molar-refractivity contribution < 1.29 is 14.3 Å². The lowest BCUT2D eigenvalue weighted by atomic mass is 10.5. The average Bonchev–Trinajstić information content (AvgIpc) is 1.94. The maximum atomic E-state index is 10.0. The number of carbonyl (C=O) groups is 1. The fourth-order valence-corrected chi connectivity index (χ4v) is 0.412. The van der Waals surface area contributed by atoms with Gasteiger partial charge in [-0.3, -0.25) is 0 Å². The van der Waals surface area contributed by atoms with Crippen LogP contribution in [0.2, 0.25) is 0 Å². The predicted molar refractivity (Wildman–Crippen MR) is 33.2 cm³/mol. The second-order valence-corrected chi connectivity index (χ2v) is 1.30. The van der Waals surface area contributed by atoms with E-state index in [4.69, 9.17) is 0 Å². The van der Waals surface area contributed by atoms with Gasteiger partial charge in [0.15, 0.2) is 0 Å². The van der Waals surface area contributed by atoms with Gasteiger partial charge in [-0.25, -0.2) is 4.79 Å². The maximum Gasteiger partial charge on any atom is 0.508 e. The molecule has 3 heteroatoms. The highest BCUT2D eigenvalue weighted by molar-refractivity contribution is 5.60. The summed E-state index contributed by atoms with van der Waals surface area (Å²) in [4.78, 5) is 10.0. The summed E-state index contributed by atoms with van der Waals surface area (Å²) in [7, 11) is 0. The molecule has 0 aromatic carbocycles. The first kappa shape index (κ1) is 8.01. The van der Waals surface area contributed by atoms with E-state index in [2.05, 4.69) is 22.6 Å². The summed E-state index contributed by atoms with van der Waals surface area (Å²) in [6, 6.07) is 0. The molecule has 9 heavy (non-hydrogen) atoms. The second kappa shape index (κ2) is 5.15. The predicted octanol–water partition coefficient (Wildman–Crippen LogP) is 1.35. The van der Waals surface area contributed by atoms with Crippen LogP contribution >= 0.6 is 0 Å². The van der Waals surface area contributed by atoms with Crippen molar-refractivity contribution in [2.24, 2.45) is 0 Å². The molecule has 1 aliphatic rings. The molecular formula is C6H10O3. The van der Waals surface area contributed by atoms with Gasteiger partial charge in [-0.15, -0.1) is 13.2 Å². The van der Waals surface area contributed by atoms with Crippen molar-refractivity contribution in [2.75, 3.05) is 13.2 Å². The van der Waals surface area contributed by atoms with Crippen molar-refractivity contribution in [3.8, 4) is 0 Å². The SMILES string of the molecule is C=C.O=C1OCCCO1. The molecule has 1 aliphatic heterocycles. The van der Waals surface area contributed by atoms with Gasteiger partial charge in [0.25, 0.3) is 0 Å². The Kier molecular flexibility index (Phi) is 4.59. The van der Waals surface area contributed by atoms with Gasteiger partial charge in [-0.2, -0.15) is 0 Å². The molecule has 1 fully saturated rings. The first-order valence-corrected chi connectivity index (χ1v) is 2.69. The summed E-state index contributed by atoms with van der Waals surface area (Å²) in [6.45, 7) is 7.03. The Hall–Kier alpha value is -0.990. The standard InChI is InChI=1S/C4H6O3.C2H4/c5-4-6-2-1-3-7-4;1-2/h1-3H2;1-2H2. The number of ether oxygens (including phenoxy) is 2. The van der Waals surface area contributed by atoms with Crippen LogP contribution in [-0.4, -0.2) is 19.4 Å². The first-order valence-electron chi connectivity index (χ1n) is 2.69. The van der Waals surface area contributed by atoms with Gasteiger partial charge in [-0.05, 0) is 0 Å². The molecule has 1 saturated heterocycles. The van der Waals surface area contributed by atoms with Gasteiger partial charge in [0.05, 0.1) is 13.2 Å². The molecule has 0 unspecified atom stereocenters. The van der Waals surface area contributed by atoms with Crippen LogP contribution in [-0.2, 0) is 9.47 Å². The zero-order chi connectivity index (χ0) is 7.11. The van der Waals surface area contributed by atoms with Crippen LogP contribution in [0.1, 0.15) is 6.42 Å². The molecule has 0 aromatic rings. The normalized spacial score (nSPS) is 16.2. The van der Waals surface area contributed by atoms with Crippen molar-refractivity contribution in [2.45, 2.75) is 6.42 Å². The van der Waals surface area contributed by atoms with Crippen molar-refractivity contribution in [3.63, 3.8) is 0 Å². The van der Waals surface area contributed by atoms with E-state index in [1.165, 1.54) is 0 Å². The summed E-state index contributed by atoms with van der Waals surface area (Å²) in [5.41, 5.74) is 0. The van der Waals surface area contributed by atoms with Gasteiger partial charge in [0.2, 0.25) is 0 Å². The average molecular weight is 130 g/mol. The minimum atomic E-state index is -0.536. The van der Waals surface area contributed by atoms with Gasteiger partial charge in [-0.1, -0.05) is 0 Å². The Bertz CT molecular complexity index is 82.3. The molecule has 0 saturated carbocycles. The zero-order valence-electron chi connectivity index (χ0n) is 5.26. The lowest BCUT2D eigenvalue weighted by molar-refractivity contribution is 0.0192. The number of hydrogen-bond acceptors (Lipinski definition) is 3. The van der Waals surface area contributed by atoms with E-state index in [-0.39, 0.29) is 0 Å². The second-order valence-electron chi connectivity index (χ2n) is 1.30. The van der Waals surface area contributed by atoms with Crippen molar-refractivity contribution in [3.05, 3.63) is 13.2 Å². The van der Waals surface area contributed by atoms with Gasteiger partial charge in [0, 0.05) is 6.42 Å². The Morgan fingerprint density at radius 2 is 1.67 bits per heavy atom. The fourth-order valence-electron chi connectivity index (χ4n) is 0.412. The Morgan fingerprint density at radius 3 is 1.89 bits per heavy atom. The molecule has 0 amide bonds. The molecule has 1 heterocycles. The summed E-state index contributed by atoms with van der Waals surface area (Å²) in [5.74, 6) is 0. The van der Waals surface area contributed by atoms with Crippen LogP contribution in [0.4, 0.5) is 4.79 Å². The van der Waals surface area contributed by atoms with Gasteiger partial charge in [0.1, 0.15) is 0 Å². The topological polar surface area (TPSA) is 35.5 Å². The van der Waals surface area contributed by atoms with Gasteiger partial charge < -0.3 is 9.47 Å². The Labute approximate surface area is 54.3 Å². The Balaban J connectivity index is 0.000000291. The molecule has 0 spiro atoms. The third-order valence-corrected chi connectivity index (χ3v) is 0.729. The summed E-state index contributed by atoms with van der Waals surface area (Å²) >= 11 is 0. The minimum Gasteiger partial charge on any atom is -0.434 e. The first-order chi connectivity index (χ1) is 4.39. The third kappa shape index (κ3) is 3.58. The number of hydrogen-bond donors (Lipinski definition) is 0. The van der Waals surface area contributed by atoms with E-state index in [1.807, 2.05) is 0 Å². The monoisotopic (exact) mass is 130 g/mol. The van der Waals surface area contributed by atoms with Gasteiger partial charge >= 0.3 is 6.16 Å². The third-order valence-electron chi connectivity index (χ3n) is 0.729. The van der Waals surface area contributed by atoms with Crippen molar-refractivity contribution in [1.29, 1.82) is 0 Å². The highest BCUT2D eigenvalue weighted by atomic mass is 16.7. The van der Waals surface area contributed by atoms with Crippen LogP contribution in [0.15, 0.2) is 13.2 Å². The van der Waals surface area contributed by atoms with E-state index >= 15 is 0 Å². The maximum absolute atomic E-state index is 10.0. The highest BCUT2D eigenvalue weighted by Crippen LogP contribution is 1.95. The molecule has 1 rings (SSSR count). The van der Waals surface area contributed by atoms with Crippen LogP contribution < -0.4 is 0 Å². The highest BCUT2D eigenvalue weighted by Gasteiger charge is 2.07. The molecular weight excluding hydrogens is 120 g/mol. The van der Waals surface area contributed by atoms with Crippen LogP contribution in [0.3, 0.4) is 0 Å². The van der Waals surface area contributed by atoms with Crippen LogP contribution in [0, 0.1) is 0 Å². The number of cyclic esters (lactones) is 2. The molecule has 0 N–H and O–H groups in total. The van der Waals surface area contributed by atoms with E-state index in [0.29, 0.717) is 13.2 Å². The zero-order valence-corrected chi connectivity index (χ0v) is 5.26. The lowest BCUT2D eigenvalue weighted by Gasteiger charge is -2.09. The van der Waals surface area contributed by atoms with E-state index in [0.717, 1.165) is 6.42 Å². The molecule has 0 atom stereocenters. The smallest absolute Gasteiger partial charge is 0.434 e. The van der Waals surface area contributed by atoms with E-state index in [1.54, 1.807) is 0 Å². The molecule has 3 nitrogen and oxygen atoms in total. The number of carbonyl (C=O) groups excluding carboxylic acids is 1. The van der Waals surface area contributed by atoms with Crippen LogP contribution in [0.5, 0.6) is 0 Å². The quantitative estimate of drug-likeness (QED) is 0.366.